The zero-order chi connectivity index (χ0) is 13.1. The van der Waals surface area contributed by atoms with Crippen LogP contribution >= 0.6 is 0 Å². The van der Waals surface area contributed by atoms with Crippen LogP contribution in [0.1, 0.15) is 19.4 Å². The van der Waals surface area contributed by atoms with E-state index >= 15 is 0 Å². The van der Waals surface area contributed by atoms with Gasteiger partial charge in [-0.05, 0) is 27.0 Å². The van der Waals surface area contributed by atoms with Crippen LogP contribution in [-0.2, 0) is 11.3 Å². The van der Waals surface area contributed by atoms with Crippen molar-refractivity contribution in [3.05, 3.63) is 29.8 Å². The Balaban J connectivity index is 2.88. The van der Waals surface area contributed by atoms with Gasteiger partial charge in [0.05, 0.1) is 7.11 Å². The van der Waals surface area contributed by atoms with Gasteiger partial charge in [-0.15, -0.1) is 0 Å². The average molecular weight is 237 g/mol. The molecule has 0 aliphatic heterocycles. The highest BCUT2D eigenvalue weighted by atomic mass is 16.5. The molecule has 0 radical (unpaired) electrons. The second-order valence-electron chi connectivity index (χ2n) is 4.53. The normalized spacial score (nSPS) is 11.6. The highest BCUT2D eigenvalue weighted by Gasteiger charge is 2.32. The van der Waals surface area contributed by atoms with Crippen molar-refractivity contribution in [2.24, 2.45) is 0 Å². The SMILES string of the molecule is COc1ccccc1CN(C)C(C)(C)C(=O)O. The Bertz CT molecular complexity index is 401. The zero-order valence-electron chi connectivity index (χ0n) is 10.7. The summed E-state index contributed by atoms with van der Waals surface area (Å²) in [5.41, 5.74) is 0.0766. The fourth-order valence-corrected chi connectivity index (χ4v) is 1.45. The van der Waals surface area contributed by atoms with Crippen LogP contribution in [0, 0.1) is 0 Å². The third kappa shape index (κ3) is 2.97. The van der Waals surface area contributed by atoms with Crippen LogP contribution in [0.2, 0.25) is 0 Å². The van der Waals surface area contributed by atoms with Gasteiger partial charge in [-0.1, -0.05) is 18.2 Å². The maximum atomic E-state index is 11.1. The van der Waals surface area contributed by atoms with E-state index in [1.165, 1.54) is 0 Å². The summed E-state index contributed by atoms with van der Waals surface area (Å²) in [6.07, 6.45) is 0. The van der Waals surface area contributed by atoms with E-state index < -0.39 is 11.5 Å². The molecule has 1 N–H and O–H groups in total. The predicted octanol–water partition coefficient (Wildman–Crippen LogP) is 1.99. The lowest BCUT2D eigenvalue weighted by Crippen LogP contribution is -2.47. The fraction of sp³-hybridized carbons (Fsp3) is 0.462. The molecule has 17 heavy (non-hydrogen) atoms. The number of benzene rings is 1. The summed E-state index contributed by atoms with van der Waals surface area (Å²) in [6.45, 7) is 3.90. The first-order valence-electron chi connectivity index (χ1n) is 5.46. The molecular formula is C13H19NO3. The van der Waals surface area contributed by atoms with Gasteiger partial charge in [0.1, 0.15) is 11.3 Å². The van der Waals surface area contributed by atoms with Crippen LogP contribution < -0.4 is 4.74 Å². The molecule has 1 rings (SSSR count). The molecule has 0 fully saturated rings. The lowest BCUT2D eigenvalue weighted by Gasteiger charge is -2.31. The smallest absolute Gasteiger partial charge is 0.323 e. The van der Waals surface area contributed by atoms with Gasteiger partial charge < -0.3 is 9.84 Å². The molecular weight excluding hydrogens is 218 g/mol. The van der Waals surface area contributed by atoms with E-state index in [1.807, 2.05) is 24.3 Å². The summed E-state index contributed by atoms with van der Waals surface area (Å²) in [7, 11) is 3.40. The maximum Gasteiger partial charge on any atom is 0.323 e. The molecule has 0 saturated carbocycles. The quantitative estimate of drug-likeness (QED) is 0.851. The van der Waals surface area contributed by atoms with Crippen LogP contribution in [0.25, 0.3) is 0 Å². The molecule has 4 nitrogen and oxygen atoms in total. The molecule has 0 amide bonds. The van der Waals surface area contributed by atoms with Crippen molar-refractivity contribution in [2.45, 2.75) is 25.9 Å². The minimum Gasteiger partial charge on any atom is -0.496 e. The highest BCUT2D eigenvalue weighted by molar-refractivity contribution is 5.77. The number of carboxylic acids is 1. The maximum absolute atomic E-state index is 11.1. The van der Waals surface area contributed by atoms with Crippen LogP contribution in [0.15, 0.2) is 24.3 Å². The summed E-state index contributed by atoms with van der Waals surface area (Å²) < 4.78 is 5.25. The Morgan fingerprint density at radius 3 is 2.53 bits per heavy atom. The third-order valence-electron chi connectivity index (χ3n) is 3.08. The van der Waals surface area contributed by atoms with E-state index in [9.17, 15) is 4.79 Å². The summed E-state index contributed by atoms with van der Waals surface area (Å²) in [5, 5.41) is 9.14. The largest absolute Gasteiger partial charge is 0.496 e. The topological polar surface area (TPSA) is 49.8 Å². The van der Waals surface area contributed by atoms with Gasteiger partial charge in [-0.3, -0.25) is 9.69 Å². The Kier molecular flexibility index (Phi) is 4.12. The van der Waals surface area contributed by atoms with Crippen molar-refractivity contribution in [3.8, 4) is 5.75 Å². The molecule has 0 aromatic heterocycles. The molecule has 0 aliphatic carbocycles. The van der Waals surface area contributed by atoms with E-state index in [0.29, 0.717) is 6.54 Å². The van der Waals surface area contributed by atoms with Gasteiger partial charge in [-0.2, -0.15) is 0 Å². The lowest BCUT2D eigenvalue weighted by molar-refractivity contribution is -0.148. The standard InChI is InChI=1S/C13H19NO3/c1-13(2,12(15)16)14(3)9-10-7-5-6-8-11(10)17-4/h5-8H,9H2,1-4H3,(H,15,16). The lowest BCUT2D eigenvalue weighted by atomic mass is 10.0. The third-order valence-corrected chi connectivity index (χ3v) is 3.08. The Labute approximate surface area is 102 Å². The number of hydrogen-bond donors (Lipinski definition) is 1. The fourth-order valence-electron chi connectivity index (χ4n) is 1.45. The van der Waals surface area contributed by atoms with Gasteiger partial charge in [0, 0.05) is 12.1 Å². The summed E-state index contributed by atoms with van der Waals surface area (Å²) in [4.78, 5) is 12.9. The highest BCUT2D eigenvalue weighted by Crippen LogP contribution is 2.22. The van der Waals surface area contributed by atoms with Crippen molar-refractivity contribution in [1.82, 2.24) is 4.90 Å². The van der Waals surface area contributed by atoms with E-state index in [0.717, 1.165) is 11.3 Å². The van der Waals surface area contributed by atoms with E-state index in [2.05, 4.69) is 0 Å². The minimum absolute atomic E-state index is 0.531. The summed E-state index contributed by atoms with van der Waals surface area (Å²) >= 11 is 0. The summed E-state index contributed by atoms with van der Waals surface area (Å²) in [6, 6.07) is 7.62. The van der Waals surface area contributed by atoms with Crippen molar-refractivity contribution in [3.63, 3.8) is 0 Å². The first kappa shape index (κ1) is 13.5. The number of nitrogens with zero attached hydrogens (tertiary/aromatic N) is 1. The number of carbonyl (C=O) groups is 1. The molecule has 0 unspecified atom stereocenters. The van der Waals surface area contributed by atoms with Crippen LogP contribution in [0.5, 0.6) is 5.75 Å². The van der Waals surface area contributed by atoms with E-state index in [4.69, 9.17) is 9.84 Å². The van der Waals surface area contributed by atoms with Crippen LogP contribution in [-0.4, -0.2) is 35.7 Å². The van der Waals surface area contributed by atoms with Crippen LogP contribution in [0.4, 0.5) is 0 Å². The Morgan fingerprint density at radius 1 is 1.41 bits per heavy atom. The number of likely N-dealkylation sites (N-methyl/N-ethyl adjacent to an activating group) is 1. The second kappa shape index (κ2) is 5.19. The van der Waals surface area contributed by atoms with Gasteiger partial charge in [-0.25, -0.2) is 0 Å². The zero-order valence-corrected chi connectivity index (χ0v) is 10.7. The summed E-state index contributed by atoms with van der Waals surface area (Å²) in [5.74, 6) is -0.0598. The molecule has 0 bridgehead atoms. The van der Waals surface area contributed by atoms with Gasteiger partial charge in [0.15, 0.2) is 0 Å². The van der Waals surface area contributed by atoms with E-state index in [-0.39, 0.29) is 0 Å². The Morgan fingerprint density at radius 2 is 2.00 bits per heavy atom. The molecule has 94 valence electrons. The molecule has 0 spiro atoms. The first-order valence-corrected chi connectivity index (χ1v) is 5.46. The van der Waals surface area contributed by atoms with E-state index in [1.54, 1.807) is 32.9 Å². The number of hydrogen-bond acceptors (Lipinski definition) is 3. The van der Waals surface area contributed by atoms with Crippen molar-refractivity contribution in [2.75, 3.05) is 14.2 Å². The van der Waals surface area contributed by atoms with Gasteiger partial charge in [0.25, 0.3) is 0 Å². The predicted molar refractivity (Wildman–Crippen MR) is 66.2 cm³/mol. The van der Waals surface area contributed by atoms with Crippen LogP contribution in [0.3, 0.4) is 0 Å². The Hall–Kier alpha value is -1.55. The van der Waals surface area contributed by atoms with Gasteiger partial charge >= 0.3 is 5.97 Å². The number of para-hydroxylation sites is 1. The molecule has 1 aromatic rings. The molecule has 0 aliphatic rings. The number of ether oxygens (including phenoxy) is 1. The molecule has 0 saturated heterocycles. The molecule has 1 aromatic carbocycles. The van der Waals surface area contributed by atoms with Crippen molar-refractivity contribution in [1.29, 1.82) is 0 Å². The molecule has 0 atom stereocenters. The number of carboxylic acid groups (broad SMARTS) is 1. The van der Waals surface area contributed by atoms with Gasteiger partial charge in [0.2, 0.25) is 0 Å². The number of rotatable bonds is 5. The average Bonchev–Trinajstić information content (AvgIpc) is 2.29. The number of aliphatic carboxylic acids is 1. The number of methoxy groups -OCH3 is 1. The second-order valence-corrected chi connectivity index (χ2v) is 4.53. The first-order chi connectivity index (χ1) is 7.89. The minimum atomic E-state index is -0.902. The molecule has 4 heteroatoms. The van der Waals surface area contributed by atoms with Crippen molar-refractivity contribution < 1.29 is 14.6 Å². The van der Waals surface area contributed by atoms with Crippen molar-refractivity contribution >= 4 is 5.97 Å². The molecule has 0 heterocycles. The monoisotopic (exact) mass is 237 g/mol.